The van der Waals surface area contributed by atoms with Crippen molar-refractivity contribution >= 4 is 27.7 Å². The molecule has 2 aromatic carbocycles. The molecule has 4 rings (SSSR count). The van der Waals surface area contributed by atoms with Crippen LogP contribution in [0.4, 0.5) is 0 Å². The summed E-state index contributed by atoms with van der Waals surface area (Å²) in [7, 11) is 1.70. The molecule has 1 amide bonds. The van der Waals surface area contributed by atoms with Gasteiger partial charge in [-0.2, -0.15) is 0 Å². The van der Waals surface area contributed by atoms with Gasteiger partial charge in [0.2, 0.25) is 5.91 Å². The lowest BCUT2D eigenvalue weighted by atomic mass is 9.96. The number of fused-ring (bicyclic) bond motifs is 2. The summed E-state index contributed by atoms with van der Waals surface area (Å²) in [6.45, 7) is 2.14. The second-order valence-electron chi connectivity index (χ2n) is 6.36. The molecule has 0 fully saturated rings. The number of benzene rings is 2. The number of aromatic nitrogens is 2. The Hall–Kier alpha value is -3.21. The number of carbonyl (C=O) groups excluding carboxylic acids is 1. The molecular formula is C21H21N3O2. The SMILES string of the molecule is COc1ccc2[nH]cc(CCNC(C)=O)c2c1-c1c[nH]c2ccccc12. The van der Waals surface area contributed by atoms with Crippen molar-refractivity contribution in [1.82, 2.24) is 15.3 Å². The first-order valence-corrected chi connectivity index (χ1v) is 8.67. The van der Waals surface area contributed by atoms with Gasteiger partial charge in [0.1, 0.15) is 5.75 Å². The molecule has 0 saturated carbocycles. The standard InChI is InChI=1S/C21H21N3O2/c1-13(25)22-10-9-14-11-23-18-7-8-19(26-2)21(20(14)18)16-12-24-17-6-4-3-5-15(16)17/h3-8,11-12,23-24H,9-10H2,1-2H3,(H,22,25). The number of H-pyrrole nitrogens is 2. The number of ether oxygens (including phenoxy) is 1. The number of para-hydroxylation sites is 1. The molecule has 0 spiro atoms. The number of amides is 1. The first-order valence-electron chi connectivity index (χ1n) is 8.67. The van der Waals surface area contributed by atoms with Crippen LogP contribution in [0.1, 0.15) is 12.5 Å². The summed E-state index contributed by atoms with van der Waals surface area (Å²) in [4.78, 5) is 17.9. The molecule has 2 aromatic heterocycles. The minimum absolute atomic E-state index is 0.0146. The molecule has 4 aromatic rings. The van der Waals surface area contributed by atoms with Crippen LogP contribution in [0, 0.1) is 0 Å². The number of hydrogen-bond acceptors (Lipinski definition) is 2. The average Bonchev–Trinajstić information content (AvgIpc) is 3.25. The van der Waals surface area contributed by atoms with Crippen LogP contribution in [-0.4, -0.2) is 29.5 Å². The van der Waals surface area contributed by atoms with Crippen LogP contribution in [0.2, 0.25) is 0 Å². The summed E-state index contributed by atoms with van der Waals surface area (Å²) in [5.74, 6) is 0.821. The zero-order valence-electron chi connectivity index (χ0n) is 14.8. The van der Waals surface area contributed by atoms with Crippen molar-refractivity contribution in [1.29, 1.82) is 0 Å². The minimum atomic E-state index is -0.0146. The monoisotopic (exact) mass is 347 g/mol. The van der Waals surface area contributed by atoms with Gasteiger partial charge in [0, 0.05) is 58.8 Å². The van der Waals surface area contributed by atoms with Crippen LogP contribution >= 0.6 is 0 Å². The smallest absolute Gasteiger partial charge is 0.216 e. The highest BCUT2D eigenvalue weighted by Gasteiger charge is 2.18. The van der Waals surface area contributed by atoms with Crippen molar-refractivity contribution in [3.8, 4) is 16.9 Å². The summed E-state index contributed by atoms with van der Waals surface area (Å²) in [6.07, 6.45) is 4.80. The summed E-state index contributed by atoms with van der Waals surface area (Å²) in [6, 6.07) is 12.3. The van der Waals surface area contributed by atoms with Crippen molar-refractivity contribution in [3.63, 3.8) is 0 Å². The molecule has 0 aliphatic carbocycles. The Balaban J connectivity index is 1.91. The van der Waals surface area contributed by atoms with Crippen LogP contribution in [0.25, 0.3) is 32.9 Å². The summed E-state index contributed by atoms with van der Waals surface area (Å²) in [5.41, 5.74) is 5.50. The Morgan fingerprint density at radius 2 is 1.88 bits per heavy atom. The van der Waals surface area contributed by atoms with Crippen molar-refractivity contribution in [3.05, 3.63) is 54.4 Å². The molecule has 0 bridgehead atoms. The second kappa shape index (κ2) is 6.59. The van der Waals surface area contributed by atoms with E-state index in [0.29, 0.717) is 6.54 Å². The van der Waals surface area contributed by atoms with Crippen LogP contribution in [-0.2, 0) is 11.2 Å². The summed E-state index contributed by atoms with van der Waals surface area (Å²) in [5, 5.41) is 5.17. The molecule has 0 atom stereocenters. The topological polar surface area (TPSA) is 69.9 Å². The van der Waals surface area contributed by atoms with Gasteiger partial charge in [0.15, 0.2) is 0 Å². The van der Waals surface area contributed by atoms with Crippen LogP contribution < -0.4 is 10.1 Å². The minimum Gasteiger partial charge on any atom is -0.496 e. The Morgan fingerprint density at radius 1 is 1.08 bits per heavy atom. The largest absolute Gasteiger partial charge is 0.496 e. The molecule has 2 heterocycles. The van der Waals surface area contributed by atoms with Gasteiger partial charge in [-0.05, 0) is 30.2 Å². The Bertz CT molecular complexity index is 1090. The lowest BCUT2D eigenvalue weighted by Crippen LogP contribution is -2.22. The molecule has 5 nitrogen and oxygen atoms in total. The summed E-state index contributed by atoms with van der Waals surface area (Å²) < 4.78 is 5.70. The van der Waals surface area contributed by atoms with Crippen LogP contribution in [0.15, 0.2) is 48.8 Å². The van der Waals surface area contributed by atoms with E-state index in [1.165, 1.54) is 6.92 Å². The number of nitrogens with one attached hydrogen (secondary N) is 3. The normalized spacial score (nSPS) is 11.2. The average molecular weight is 347 g/mol. The first kappa shape index (κ1) is 16.3. The summed E-state index contributed by atoms with van der Waals surface area (Å²) >= 11 is 0. The number of aromatic amines is 2. The van der Waals surface area contributed by atoms with E-state index in [4.69, 9.17) is 4.74 Å². The van der Waals surface area contributed by atoms with Gasteiger partial charge in [-0.1, -0.05) is 18.2 Å². The van der Waals surface area contributed by atoms with Crippen LogP contribution in [0.3, 0.4) is 0 Å². The van der Waals surface area contributed by atoms with Gasteiger partial charge in [0.05, 0.1) is 7.11 Å². The van der Waals surface area contributed by atoms with Gasteiger partial charge < -0.3 is 20.0 Å². The molecule has 0 aliphatic heterocycles. The molecule has 0 radical (unpaired) electrons. The molecule has 5 heteroatoms. The lowest BCUT2D eigenvalue weighted by molar-refractivity contribution is -0.118. The van der Waals surface area contributed by atoms with Gasteiger partial charge in [-0.15, -0.1) is 0 Å². The van der Waals surface area contributed by atoms with Crippen molar-refractivity contribution < 1.29 is 9.53 Å². The Morgan fingerprint density at radius 3 is 2.69 bits per heavy atom. The van der Waals surface area contributed by atoms with E-state index < -0.39 is 0 Å². The highest BCUT2D eigenvalue weighted by molar-refractivity contribution is 6.08. The van der Waals surface area contributed by atoms with Gasteiger partial charge in [0.25, 0.3) is 0 Å². The molecule has 0 aliphatic rings. The molecule has 0 saturated heterocycles. The van der Waals surface area contributed by atoms with Gasteiger partial charge >= 0.3 is 0 Å². The fourth-order valence-electron chi connectivity index (χ4n) is 3.56. The Labute approximate surface area is 151 Å². The number of rotatable bonds is 5. The maximum absolute atomic E-state index is 11.2. The zero-order valence-corrected chi connectivity index (χ0v) is 14.8. The van der Waals surface area contributed by atoms with E-state index in [0.717, 1.165) is 50.7 Å². The van der Waals surface area contributed by atoms with E-state index in [-0.39, 0.29) is 5.91 Å². The third-order valence-electron chi connectivity index (χ3n) is 4.74. The van der Waals surface area contributed by atoms with E-state index >= 15 is 0 Å². The van der Waals surface area contributed by atoms with E-state index in [1.807, 2.05) is 36.7 Å². The third kappa shape index (κ3) is 2.71. The van der Waals surface area contributed by atoms with E-state index in [1.54, 1.807) is 7.11 Å². The van der Waals surface area contributed by atoms with Crippen molar-refractivity contribution in [2.45, 2.75) is 13.3 Å². The quantitative estimate of drug-likeness (QED) is 0.511. The highest BCUT2D eigenvalue weighted by atomic mass is 16.5. The lowest BCUT2D eigenvalue weighted by Gasteiger charge is -2.12. The zero-order chi connectivity index (χ0) is 18.1. The van der Waals surface area contributed by atoms with E-state index in [9.17, 15) is 4.79 Å². The maximum Gasteiger partial charge on any atom is 0.216 e. The van der Waals surface area contributed by atoms with Crippen molar-refractivity contribution in [2.75, 3.05) is 13.7 Å². The fraction of sp³-hybridized carbons (Fsp3) is 0.190. The molecular weight excluding hydrogens is 326 g/mol. The number of carbonyl (C=O) groups is 1. The molecule has 3 N–H and O–H groups in total. The maximum atomic E-state index is 11.2. The van der Waals surface area contributed by atoms with Gasteiger partial charge in [-0.25, -0.2) is 0 Å². The molecule has 0 unspecified atom stereocenters. The molecule has 26 heavy (non-hydrogen) atoms. The highest BCUT2D eigenvalue weighted by Crippen LogP contribution is 2.41. The second-order valence-corrected chi connectivity index (χ2v) is 6.36. The number of hydrogen-bond donors (Lipinski definition) is 3. The molecule has 132 valence electrons. The van der Waals surface area contributed by atoms with Gasteiger partial charge in [-0.3, -0.25) is 4.79 Å². The number of methoxy groups -OCH3 is 1. The van der Waals surface area contributed by atoms with Crippen molar-refractivity contribution in [2.24, 2.45) is 0 Å². The fourth-order valence-corrected chi connectivity index (χ4v) is 3.56. The Kier molecular flexibility index (Phi) is 4.13. The first-order chi connectivity index (χ1) is 12.7. The third-order valence-corrected chi connectivity index (χ3v) is 4.74. The predicted molar refractivity (Wildman–Crippen MR) is 105 cm³/mol. The van der Waals surface area contributed by atoms with E-state index in [2.05, 4.69) is 27.4 Å². The van der Waals surface area contributed by atoms with Crippen LogP contribution in [0.5, 0.6) is 5.75 Å². The predicted octanol–water partition coefficient (Wildman–Crippen LogP) is 4.00.